The first-order valence-electron chi connectivity index (χ1n) is 6.21. The summed E-state index contributed by atoms with van der Waals surface area (Å²) < 4.78 is 0.563. The van der Waals surface area contributed by atoms with Crippen LogP contribution in [-0.2, 0) is 0 Å². The Hall–Kier alpha value is -1.21. The molecular weight excluding hydrogens is 314 g/mol. The molecule has 0 bridgehead atoms. The van der Waals surface area contributed by atoms with Crippen molar-refractivity contribution in [2.75, 3.05) is 18.5 Å². The second-order valence-corrected chi connectivity index (χ2v) is 5.85. The zero-order chi connectivity index (χ0) is 13.9. The fourth-order valence-electron chi connectivity index (χ4n) is 2.44. The average Bonchev–Trinajstić information content (AvgIpc) is 2.86. The van der Waals surface area contributed by atoms with E-state index in [2.05, 4.69) is 26.2 Å². The molecule has 0 aromatic carbocycles. The third-order valence-corrected chi connectivity index (χ3v) is 4.27. The van der Waals surface area contributed by atoms with Crippen LogP contribution < -0.4 is 5.32 Å². The number of nitrogens with zero attached hydrogens (tertiary/aromatic N) is 2. The Kier molecular flexibility index (Phi) is 4.36. The lowest BCUT2D eigenvalue weighted by atomic mass is 9.87. The van der Waals surface area contributed by atoms with Crippen molar-refractivity contribution in [1.29, 1.82) is 0 Å². The molecule has 104 valence electrons. The quantitative estimate of drug-likeness (QED) is 0.640. The number of aromatic nitrogens is 1. The fraction of sp³-hybridized carbons (Fsp3) is 0.583. The molecule has 0 unspecified atom stereocenters. The van der Waals surface area contributed by atoms with Crippen molar-refractivity contribution in [2.24, 2.45) is 5.41 Å². The standard InChI is InChI=1S/C12H16BrN3O3/c13-10-5-9(16(18)19)6-14-11(10)15-7-12(8-17)3-1-2-4-12/h5-6,17H,1-4,7-8H2,(H,14,15). The van der Waals surface area contributed by atoms with E-state index in [-0.39, 0.29) is 17.7 Å². The van der Waals surface area contributed by atoms with Gasteiger partial charge in [-0.3, -0.25) is 10.1 Å². The number of pyridine rings is 1. The number of halogens is 1. The summed E-state index contributed by atoms with van der Waals surface area (Å²) in [6.45, 7) is 0.789. The average molecular weight is 330 g/mol. The molecule has 0 radical (unpaired) electrons. The molecule has 0 amide bonds. The summed E-state index contributed by atoms with van der Waals surface area (Å²) in [4.78, 5) is 14.2. The van der Waals surface area contributed by atoms with E-state index in [1.165, 1.54) is 12.3 Å². The summed E-state index contributed by atoms with van der Waals surface area (Å²) in [5, 5.41) is 23.3. The van der Waals surface area contributed by atoms with E-state index in [4.69, 9.17) is 0 Å². The lowest BCUT2D eigenvalue weighted by Gasteiger charge is -2.27. The summed E-state index contributed by atoms with van der Waals surface area (Å²) in [6.07, 6.45) is 5.50. The maximum atomic E-state index is 10.6. The molecule has 1 aromatic heterocycles. The number of hydrogen-bond donors (Lipinski definition) is 2. The number of hydrogen-bond acceptors (Lipinski definition) is 5. The van der Waals surface area contributed by atoms with Crippen LogP contribution in [0.15, 0.2) is 16.7 Å². The SMILES string of the molecule is O=[N+]([O-])c1cnc(NCC2(CO)CCCC2)c(Br)c1. The Morgan fingerprint density at radius 3 is 2.74 bits per heavy atom. The van der Waals surface area contributed by atoms with Gasteiger partial charge in [-0.2, -0.15) is 0 Å². The van der Waals surface area contributed by atoms with Crippen molar-refractivity contribution >= 4 is 27.4 Å². The van der Waals surface area contributed by atoms with Crippen LogP contribution in [0.5, 0.6) is 0 Å². The van der Waals surface area contributed by atoms with Gasteiger partial charge in [0.2, 0.25) is 0 Å². The van der Waals surface area contributed by atoms with Crippen LogP contribution in [0.3, 0.4) is 0 Å². The van der Waals surface area contributed by atoms with Crippen molar-refractivity contribution in [3.63, 3.8) is 0 Å². The fourth-order valence-corrected chi connectivity index (χ4v) is 2.92. The molecule has 2 N–H and O–H groups in total. The van der Waals surface area contributed by atoms with Gasteiger partial charge in [0.1, 0.15) is 12.0 Å². The predicted molar refractivity (Wildman–Crippen MR) is 75.1 cm³/mol. The van der Waals surface area contributed by atoms with Gasteiger partial charge in [0.15, 0.2) is 0 Å². The number of rotatable bonds is 5. The first-order valence-corrected chi connectivity index (χ1v) is 7.00. The molecule has 1 heterocycles. The van der Waals surface area contributed by atoms with E-state index in [9.17, 15) is 15.2 Å². The van der Waals surface area contributed by atoms with E-state index < -0.39 is 4.92 Å². The van der Waals surface area contributed by atoms with Crippen LogP contribution in [0.2, 0.25) is 0 Å². The molecule has 0 atom stereocenters. The van der Waals surface area contributed by atoms with Gasteiger partial charge in [0.05, 0.1) is 16.0 Å². The van der Waals surface area contributed by atoms with Gasteiger partial charge in [-0.25, -0.2) is 4.98 Å². The molecule has 1 aliphatic carbocycles. The minimum absolute atomic E-state index is 0.0461. The molecule has 1 fully saturated rings. The molecule has 2 rings (SSSR count). The topological polar surface area (TPSA) is 88.3 Å². The van der Waals surface area contributed by atoms with Crippen molar-refractivity contribution in [1.82, 2.24) is 4.98 Å². The third kappa shape index (κ3) is 3.22. The molecule has 1 aromatic rings. The molecule has 1 aliphatic rings. The largest absolute Gasteiger partial charge is 0.396 e. The van der Waals surface area contributed by atoms with E-state index in [0.29, 0.717) is 16.8 Å². The highest BCUT2D eigenvalue weighted by Crippen LogP contribution is 2.38. The minimum atomic E-state index is -0.478. The van der Waals surface area contributed by atoms with Crippen LogP contribution in [0.1, 0.15) is 25.7 Å². The van der Waals surface area contributed by atoms with E-state index in [1.54, 1.807) is 0 Å². The highest BCUT2D eigenvalue weighted by molar-refractivity contribution is 9.10. The van der Waals surface area contributed by atoms with Crippen molar-refractivity contribution in [3.05, 3.63) is 26.9 Å². The van der Waals surface area contributed by atoms with Gasteiger partial charge in [-0.05, 0) is 28.8 Å². The highest BCUT2D eigenvalue weighted by Gasteiger charge is 2.33. The number of anilines is 1. The molecule has 0 aliphatic heterocycles. The van der Waals surface area contributed by atoms with Gasteiger partial charge < -0.3 is 10.4 Å². The summed E-state index contributed by atoms with van der Waals surface area (Å²) in [6, 6.07) is 1.43. The maximum Gasteiger partial charge on any atom is 0.288 e. The number of nitrogens with one attached hydrogen (secondary N) is 1. The van der Waals surface area contributed by atoms with Gasteiger partial charge in [-0.1, -0.05) is 12.8 Å². The Morgan fingerprint density at radius 2 is 2.21 bits per heavy atom. The Morgan fingerprint density at radius 1 is 1.53 bits per heavy atom. The molecule has 6 nitrogen and oxygen atoms in total. The summed E-state index contributed by atoms with van der Waals surface area (Å²) in [5.41, 5.74) is -0.127. The lowest BCUT2D eigenvalue weighted by molar-refractivity contribution is -0.385. The van der Waals surface area contributed by atoms with Crippen molar-refractivity contribution < 1.29 is 10.0 Å². The lowest BCUT2D eigenvalue weighted by Crippen LogP contribution is -2.30. The first kappa shape index (κ1) is 14.2. The smallest absolute Gasteiger partial charge is 0.288 e. The van der Waals surface area contributed by atoms with Crippen LogP contribution in [0.25, 0.3) is 0 Å². The summed E-state index contributed by atoms with van der Waals surface area (Å²) in [5.74, 6) is 0.574. The van der Waals surface area contributed by atoms with Gasteiger partial charge in [0, 0.05) is 18.0 Å². The molecule has 0 saturated heterocycles. The molecule has 1 saturated carbocycles. The number of aliphatic hydroxyl groups excluding tert-OH is 1. The van der Waals surface area contributed by atoms with Gasteiger partial charge >= 0.3 is 0 Å². The van der Waals surface area contributed by atoms with Gasteiger partial charge in [-0.15, -0.1) is 0 Å². The Labute approximate surface area is 119 Å². The van der Waals surface area contributed by atoms with E-state index in [1.807, 2.05) is 0 Å². The van der Waals surface area contributed by atoms with Crippen LogP contribution in [-0.4, -0.2) is 28.2 Å². The molecular formula is C12H16BrN3O3. The normalized spacial score (nSPS) is 17.4. The zero-order valence-electron chi connectivity index (χ0n) is 10.4. The Balaban J connectivity index is 2.05. The maximum absolute atomic E-state index is 10.6. The van der Waals surface area contributed by atoms with Crippen LogP contribution in [0.4, 0.5) is 11.5 Å². The summed E-state index contributed by atoms with van der Waals surface area (Å²) >= 11 is 3.27. The zero-order valence-corrected chi connectivity index (χ0v) is 12.0. The second kappa shape index (κ2) is 5.83. The third-order valence-electron chi connectivity index (χ3n) is 3.67. The number of nitro groups is 1. The minimum Gasteiger partial charge on any atom is -0.396 e. The Bertz CT molecular complexity index is 475. The molecule has 19 heavy (non-hydrogen) atoms. The number of aliphatic hydroxyl groups is 1. The molecule has 0 spiro atoms. The van der Waals surface area contributed by atoms with Crippen LogP contribution in [0, 0.1) is 15.5 Å². The highest BCUT2D eigenvalue weighted by atomic mass is 79.9. The van der Waals surface area contributed by atoms with Crippen LogP contribution >= 0.6 is 15.9 Å². The summed E-state index contributed by atoms with van der Waals surface area (Å²) in [7, 11) is 0. The van der Waals surface area contributed by atoms with E-state index >= 15 is 0 Å². The predicted octanol–water partition coefficient (Wildman–Crippen LogP) is 2.72. The first-order chi connectivity index (χ1) is 9.06. The van der Waals surface area contributed by atoms with Crippen molar-refractivity contribution in [3.8, 4) is 0 Å². The molecule has 7 heteroatoms. The van der Waals surface area contributed by atoms with Gasteiger partial charge in [0.25, 0.3) is 5.69 Å². The monoisotopic (exact) mass is 329 g/mol. The van der Waals surface area contributed by atoms with Crippen molar-refractivity contribution in [2.45, 2.75) is 25.7 Å². The second-order valence-electron chi connectivity index (χ2n) is 5.00. The van der Waals surface area contributed by atoms with E-state index in [0.717, 1.165) is 25.7 Å².